The van der Waals surface area contributed by atoms with Crippen molar-refractivity contribution >= 4 is 35.5 Å². The number of benzene rings is 3. The van der Waals surface area contributed by atoms with Gasteiger partial charge in [0.15, 0.2) is 0 Å². The molecule has 0 spiro atoms. The first-order valence-corrected chi connectivity index (χ1v) is 11.7. The van der Waals surface area contributed by atoms with Crippen LogP contribution in [0.1, 0.15) is 5.56 Å². The quantitative estimate of drug-likeness (QED) is 0.558. The van der Waals surface area contributed by atoms with Gasteiger partial charge in [0.05, 0.1) is 4.90 Å². The van der Waals surface area contributed by atoms with Crippen molar-refractivity contribution in [3.8, 4) is 0 Å². The van der Waals surface area contributed by atoms with Gasteiger partial charge < -0.3 is 9.59 Å². The topological polar surface area (TPSA) is 86.6 Å². The number of sulfonamides is 1. The summed E-state index contributed by atoms with van der Waals surface area (Å²) in [4.78, 5) is 20.9. The van der Waals surface area contributed by atoms with Gasteiger partial charge in [0.25, 0.3) is 10.0 Å². The first kappa shape index (κ1) is 19.1. The monoisotopic (exact) mass is 397 g/mol. The Morgan fingerprint density at radius 1 is 0.815 bits per heavy atom. The van der Waals surface area contributed by atoms with E-state index in [-0.39, 0.29) is 4.90 Å². The molecule has 138 valence electrons. The van der Waals surface area contributed by atoms with Crippen molar-refractivity contribution in [1.82, 2.24) is 0 Å². The van der Waals surface area contributed by atoms with E-state index in [9.17, 15) is 18.0 Å². The van der Waals surface area contributed by atoms with Crippen LogP contribution in [0.15, 0.2) is 95.5 Å². The van der Waals surface area contributed by atoms with Crippen molar-refractivity contribution in [3.63, 3.8) is 0 Å². The third kappa shape index (κ3) is 4.93. The third-order valence-electron chi connectivity index (χ3n) is 3.90. The van der Waals surface area contributed by atoms with Crippen LogP contribution in [0.4, 0.5) is 5.69 Å². The molecule has 3 aromatic rings. The molecule has 0 fully saturated rings. The summed E-state index contributed by atoms with van der Waals surface area (Å²) in [5.41, 5.74) is 2.43. The highest BCUT2D eigenvalue weighted by molar-refractivity contribution is 7.92. The standard InChI is InChI=1S/C20H19NO4SSi/c22-26(23,19-10-3-1-4-11-19)21-18-9-7-8-17(16-18)14-15-27(24,25)20-12-5-2-6-13-20/h1-16,21,24-25H/b15-14+. The Balaban J connectivity index is 1.80. The zero-order chi connectivity index (χ0) is 19.3. The second-order valence-corrected chi connectivity index (χ2v) is 10.0. The van der Waals surface area contributed by atoms with E-state index in [0.29, 0.717) is 16.4 Å². The molecule has 0 amide bonds. The van der Waals surface area contributed by atoms with E-state index in [2.05, 4.69) is 4.72 Å². The smallest absolute Gasteiger partial charge is 0.394 e. The fourth-order valence-corrected chi connectivity index (χ4v) is 4.88. The summed E-state index contributed by atoms with van der Waals surface area (Å²) < 4.78 is 27.4. The van der Waals surface area contributed by atoms with Gasteiger partial charge in [-0.1, -0.05) is 66.7 Å². The molecule has 0 aliphatic carbocycles. The number of hydrogen-bond acceptors (Lipinski definition) is 4. The summed E-state index contributed by atoms with van der Waals surface area (Å²) in [5.74, 6) is 0. The number of nitrogens with one attached hydrogen (secondary N) is 1. The summed E-state index contributed by atoms with van der Waals surface area (Å²) in [6.45, 7) is 0. The van der Waals surface area contributed by atoms with Crippen LogP contribution in [0, 0.1) is 0 Å². The van der Waals surface area contributed by atoms with Crippen molar-refractivity contribution < 1.29 is 18.0 Å². The molecule has 0 saturated carbocycles. The highest BCUT2D eigenvalue weighted by Gasteiger charge is 2.28. The molecule has 0 radical (unpaired) electrons. The van der Waals surface area contributed by atoms with E-state index in [1.807, 2.05) is 0 Å². The van der Waals surface area contributed by atoms with Crippen LogP contribution in [0.25, 0.3) is 6.08 Å². The van der Waals surface area contributed by atoms with Gasteiger partial charge in [0, 0.05) is 5.69 Å². The van der Waals surface area contributed by atoms with Gasteiger partial charge >= 0.3 is 8.56 Å². The second kappa shape index (κ2) is 7.89. The average molecular weight is 398 g/mol. The lowest BCUT2D eigenvalue weighted by atomic mass is 10.2. The van der Waals surface area contributed by atoms with Gasteiger partial charge in [-0.2, -0.15) is 0 Å². The van der Waals surface area contributed by atoms with Gasteiger partial charge in [-0.3, -0.25) is 4.72 Å². The summed E-state index contributed by atoms with van der Waals surface area (Å²) in [6.07, 6.45) is 1.58. The molecule has 3 N–H and O–H groups in total. The van der Waals surface area contributed by atoms with Crippen LogP contribution in [-0.2, 0) is 10.0 Å². The summed E-state index contributed by atoms with van der Waals surface area (Å²) in [5, 5.41) is 0.474. The second-order valence-electron chi connectivity index (χ2n) is 5.97. The number of hydrogen-bond donors (Lipinski definition) is 3. The highest BCUT2D eigenvalue weighted by atomic mass is 32.2. The molecule has 0 bridgehead atoms. The van der Waals surface area contributed by atoms with Gasteiger partial charge in [-0.05, 0) is 40.7 Å². The van der Waals surface area contributed by atoms with Crippen molar-refractivity contribution in [3.05, 3.63) is 96.2 Å². The molecule has 3 aromatic carbocycles. The van der Waals surface area contributed by atoms with Crippen molar-refractivity contribution in [2.75, 3.05) is 4.72 Å². The molecule has 0 unspecified atom stereocenters. The average Bonchev–Trinajstić information content (AvgIpc) is 2.68. The predicted molar refractivity (Wildman–Crippen MR) is 109 cm³/mol. The first-order chi connectivity index (χ1) is 12.9. The molecule has 0 heterocycles. The van der Waals surface area contributed by atoms with Crippen LogP contribution in [0.2, 0.25) is 0 Å². The van der Waals surface area contributed by atoms with Crippen LogP contribution in [0.3, 0.4) is 0 Å². The Bertz CT molecular complexity index is 1040. The number of rotatable bonds is 6. The predicted octanol–water partition coefficient (Wildman–Crippen LogP) is 2.37. The van der Waals surface area contributed by atoms with E-state index in [4.69, 9.17) is 0 Å². The highest BCUT2D eigenvalue weighted by Crippen LogP contribution is 2.18. The van der Waals surface area contributed by atoms with Gasteiger partial charge in [0.2, 0.25) is 0 Å². The lowest BCUT2D eigenvalue weighted by Gasteiger charge is -2.13. The Kier molecular flexibility index (Phi) is 5.57. The molecule has 5 nitrogen and oxygen atoms in total. The van der Waals surface area contributed by atoms with Crippen molar-refractivity contribution in [2.45, 2.75) is 4.90 Å². The lowest BCUT2D eigenvalue weighted by molar-refractivity contribution is 0.400. The van der Waals surface area contributed by atoms with Crippen LogP contribution in [0.5, 0.6) is 0 Å². The normalized spacial score (nSPS) is 12.2. The van der Waals surface area contributed by atoms with Gasteiger partial charge in [0.1, 0.15) is 0 Å². The fraction of sp³-hybridized carbons (Fsp3) is 0. The zero-order valence-corrected chi connectivity index (χ0v) is 16.2. The molecule has 0 aliphatic rings. The minimum absolute atomic E-state index is 0.173. The van der Waals surface area contributed by atoms with Crippen LogP contribution >= 0.6 is 0 Å². The zero-order valence-electron chi connectivity index (χ0n) is 14.4. The fourth-order valence-electron chi connectivity index (χ4n) is 2.51. The van der Waals surface area contributed by atoms with Crippen molar-refractivity contribution in [1.29, 1.82) is 0 Å². The first-order valence-electron chi connectivity index (χ1n) is 8.24. The lowest BCUT2D eigenvalue weighted by Crippen LogP contribution is -2.46. The SMILES string of the molecule is O=S(=O)(Nc1cccc(/C=C/[Si](O)(O)c2ccccc2)c1)c1ccccc1. The largest absolute Gasteiger partial charge is 0.404 e. The Labute approximate surface area is 159 Å². The van der Waals surface area contributed by atoms with E-state index in [0.717, 1.165) is 0 Å². The molecular weight excluding hydrogens is 378 g/mol. The molecule has 27 heavy (non-hydrogen) atoms. The number of anilines is 1. The summed E-state index contributed by atoms with van der Waals surface area (Å²) in [7, 11) is -7.38. The molecule has 7 heteroatoms. The molecule has 0 saturated heterocycles. The maximum Gasteiger partial charge on any atom is 0.394 e. The Hall–Kier alpha value is -2.71. The minimum Gasteiger partial charge on any atom is -0.404 e. The Morgan fingerprint density at radius 2 is 1.44 bits per heavy atom. The molecule has 0 atom stereocenters. The van der Waals surface area contributed by atoms with E-state index in [1.54, 1.807) is 78.9 Å². The molecular formula is C20H19NO4SSi. The van der Waals surface area contributed by atoms with Gasteiger partial charge in [-0.15, -0.1) is 0 Å². The van der Waals surface area contributed by atoms with E-state index in [1.165, 1.54) is 17.8 Å². The molecule has 0 aliphatic heterocycles. The summed E-state index contributed by atoms with van der Waals surface area (Å²) in [6, 6.07) is 23.5. The minimum atomic E-state index is -3.70. The van der Waals surface area contributed by atoms with Crippen molar-refractivity contribution in [2.24, 2.45) is 0 Å². The maximum absolute atomic E-state index is 12.4. The van der Waals surface area contributed by atoms with Crippen LogP contribution < -0.4 is 9.91 Å². The Morgan fingerprint density at radius 3 is 2.11 bits per heavy atom. The van der Waals surface area contributed by atoms with Crippen LogP contribution in [-0.4, -0.2) is 26.6 Å². The summed E-state index contributed by atoms with van der Waals surface area (Å²) >= 11 is 0. The van der Waals surface area contributed by atoms with E-state index < -0.39 is 18.6 Å². The third-order valence-corrected chi connectivity index (χ3v) is 7.11. The maximum atomic E-state index is 12.4. The molecule has 0 aromatic heterocycles. The molecule has 3 rings (SSSR count). The van der Waals surface area contributed by atoms with E-state index >= 15 is 0 Å². The van der Waals surface area contributed by atoms with Gasteiger partial charge in [-0.25, -0.2) is 8.42 Å².